The number of piperidine rings is 1. The van der Waals surface area contributed by atoms with Crippen LogP contribution in [0.15, 0.2) is 42.5 Å². The lowest BCUT2D eigenvalue weighted by Crippen LogP contribution is -2.48. The van der Waals surface area contributed by atoms with Crippen LogP contribution >= 0.6 is 0 Å². The quantitative estimate of drug-likeness (QED) is 0.342. The molecule has 1 aromatic carbocycles. The molecule has 5 nitrogen and oxygen atoms in total. The van der Waals surface area contributed by atoms with E-state index in [1.54, 1.807) is 0 Å². The molecule has 1 aliphatic heterocycles. The largest absolute Gasteiger partial charge is 0.452 e. The summed E-state index contributed by atoms with van der Waals surface area (Å²) in [7, 11) is 1.05. The first kappa shape index (κ1) is 27.2. The Morgan fingerprint density at radius 2 is 1.94 bits per heavy atom. The molecule has 1 fully saturated rings. The molecular formula is C27H42BN2O3. The lowest BCUT2D eigenvalue weighted by molar-refractivity contribution is -0.140. The van der Waals surface area contributed by atoms with Crippen molar-refractivity contribution in [3.8, 4) is 0 Å². The number of nitrogens with one attached hydrogen (secondary N) is 1. The third-order valence-corrected chi connectivity index (χ3v) is 6.66. The molecule has 0 aliphatic carbocycles. The number of rotatable bonds is 13. The van der Waals surface area contributed by atoms with Gasteiger partial charge in [-0.2, -0.15) is 0 Å². The highest BCUT2D eigenvalue weighted by atomic mass is 16.2. The summed E-state index contributed by atoms with van der Waals surface area (Å²) in [5.74, 6) is -0.262. The summed E-state index contributed by atoms with van der Waals surface area (Å²) in [5, 5.41) is 12.5. The maximum atomic E-state index is 13.6. The van der Waals surface area contributed by atoms with Gasteiger partial charge in [-0.3, -0.25) is 9.59 Å². The van der Waals surface area contributed by atoms with Crippen LogP contribution in [0.3, 0.4) is 0 Å². The van der Waals surface area contributed by atoms with Crippen LogP contribution in [0.5, 0.6) is 0 Å². The number of likely N-dealkylation sites (tertiary alicyclic amines) is 1. The van der Waals surface area contributed by atoms with Crippen molar-refractivity contribution in [1.29, 1.82) is 0 Å². The lowest BCUT2D eigenvalue weighted by atomic mass is 9.83. The number of amides is 2. The van der Waals surface area contributed by atoms with Gasteiger partial charge in [-0.25, -0.2) is 0 Å². The fourth-order valence-corrected chi connectivity index (χ4v) is 4.85. The van der Waals surface area contributed by atoms with Crippen molar-refractivity contribution in [3.05, 3.63) is 48.0 Å². The maximum absolute atomic E-state index is 13.6. The van der Waals surface area contributed by atoms with Gasteiger partial charge in [-0.05, 0) is 56.4 Å². The number of hydrogen-bond acceptors (Lipinski definition) is 3. The van der Waals surface area contributed by atoms with Gasteiger partial charge in [0.1, 0.15) is 0 Å². The molecule has 0 bridgehead atoms. The van der Waals surface area contributed by atoms with Crippen LogP contribution in [-0.4, -0.2) is 47.7 Å². The molecule has 0 spiro atoms. The molecule has 1 aromatic rings. The van der Waals surface area contributed by atoms with E-state index in [0.717, 1.165) is 63.7 Å². The zero-order valence-corrected chi connectivity index (χ0v) is 20.8. The van der Waals surface area contributed by atoms with E-state index in [1.165, 1.54) is 0 Å². The van der Waals surface area contributed by atoms with E-state index in [9.17, 15) is 14.6 Å². The van der Waals surface area contributed by atoms with Crippen molar-refractivity contribution >= 4 is 19.3 Å². The van der Waals surface area contributed by atoms with Gasteiger partial charge in [-0.1, -0.05) is 69.7 Å². The molecule has 1 heterocycles. The minimum atomic E-state index is -0.420. The molecule has 33 heavy (non-hydrogen) atoms. The SMILES string of the molecule is C=C(CCCC)C(C(=O)N1CCCCC1CCC(=O)NC([B]O)Cc1ccccc1)C(C)C. The summed E-state index contributed by atoms with van der Waals surface area (Å²) >= 11 is 0. The van der Waals surface area contributed by atoms with E-state index < -0.39 is 5.94 Å². The average Bonchev–Trinajstić information content (AvgIpc) is 2.81. The highest BCUT2D eigenvalue weighted by molar-refractivity contribution is 6.28. The summed E-state index contributed by atoms with van der Waals surface area (Å²) in [6, 6.07) is 9.88. The molecular weight excluding hydrogens is 411 g/mol. The number of hydrogen-bond donors (Lipinski definition) is 2. The minimum absolute atomic E-state index is 0.0860. The van der Waals surface area contributed by atoms with Crippen LogP contribution in [0.25, 0.3) is 0 Å². The number of unbranched alkanes of at least 4 members (excludes halogenated alkanes) is 1. The summed E-state index contributed by atoms with van der Waals surface area (Å²) < 4.78 is 0. The number of benzene rings is 1. The summed E-state index contributed by atoms with van der Waals surface area (Å²) in [5.41, 5.74) is 2.10. The van der Waals surface area contributed by atoms with Crippen molar-refractivity contribution < 1.29 is 14.6 Å². The van der Waals surface area contributed by atoms with Gasteiger partial charge in [0.15, 0.2) is 0 Å². The van der Waals surface area contributed by atoms with Gasteiger partial charge in [0.05, 0.1) is 5.92 Å². The molecule has 3 atom stereocenters. The average molecular weight is 453 g/mol. The maximum Gasteiger partial charge on any atom is 0.312 e. The van der Waals surface area contributed by atoms with E-state index in [2.05, 4.69) is 32.7 Å². The Morgan fingerprint density at radius 1 is 1.21 bits per heavy atom. The predicted octanol–water partition coefficient (Wildman–Crippen LogP) is 4.46. The Morgan fingerprint density at radius 3 is 2.58 bits per heavy atom. The van der Waals surface area contributed by atoms with Crippen molar-refractivity contribution in [2.45, 2.75) is 90.5 Å². The lowest BCUT2D eigenvalue weighted by Gasteiger charge is -2.39. The predicted molar refractivity (Wildman–Crippen MR) is 136 cm³/mol. The molecule has 181 valence electrons. The second kappa shape index (κ2) is 14.2. The van der Waals surface area contributed by atoms with Gasteiger partial charge >= 0.3 is 7.48 Å². The molecule has 6 heteroatoms. The van der Waals surface area contributed by atoms with Crippen molar-refractivity contribution in [2.24, 2.45) is 11.8 Å². The standard InChI is InChI=1S/C27H42BN2O3/c1-5-6-12-21(4)26(20(2)3)27(32)30-18-11-10-15-23(30)16-17-25(31)29-24(28-33)19-22-13-8-7-9-14-22/h7-9,13-14,20,23-24,26,33H,4-6,10-12,15-19H2,1-3H3,(H,29,31). The Balaban J connectivity index is 1.95. The number of carbonyl (C=O) groups is 2. The van der Waals surface area contributed by atoms with Gasteiger partial charge in [0.25, 0.3) is 0 Å². The van der Waals surface area contributed by atoms with Crippen molar-refractivity contribution in [3.63, 3.8) is 0 Å². The highest BCUT2D eigenvalue weighted by Crippen LogP contribution is 2.30. The molecule has 2 amide bonds. The summed E-state index contributed by atoms with van der Waals surface area (Å²) in [6.45, 7) is 11.4. The van der Waals surface area contributed by atoms with Gasteiger partial charge < -0.3 is 15.2 Å². The molecule has 0 saturated carbocycles. The molecule has 2 rings (SSSR count). The van der Waals surface area contributed by atoms with E-state index in [0.29, 0.717) is 19.3 Å². The smallest absolute Gasteiger partial charge is 0.312 e. The van der Waals surface area contributed by atoms with E-state index in [-0.39, 0.29) is 29.7 Å². The fourth-order valence-electron chi connectivity index (χ4n) is 4.85. The second-order valence-electron chi connectivity index (χ2n) is 9.72. The minimum Gasteiger partial charge on any atom is -0.452 e. The van der Waals surface area contributed by atoms with Crippen LogP contribution in [-0.2, 0) is 16.0 Å². The van der Waals surface area contributed by atoms with E-state index in [4.69, 9.17) is 0 Å². The third-order valence-electron chi connectivity index (χ3n) is 6.66. The molecule has 3 unspecified atom stereocenters. The molecule has 2 N–H and O–H groups in total. The normalized spacial score (nSPS) is 18.0. The first-order valence-corrected chi connectivity index (χ1v) is 12.7. The Hall–Kier alpha value is -2.08. The van der Waals surface area contributed by atoms with Gasteiger partial charge in [-0.15, -0.1) is 0 Å². The van der Waals surface area contributed by atoms with Crippen LogP contribution < -0.4 is 5.32 Å². The molecule has 0 aromatic heterocycles. The molecule has 1 radical (unpaired) electrons. The third kappa shape index (κ3) is 8.65. The zero-order valence-electron chi connectivity index (χ0n) is 20.8. The van der Waals surface area contributed by atoms with Gasteiger partial charge in [0.2, 0.25) is 11.8 Å². The van der Waals surface area contributed by atoms with Crippen molar-refractivity contribution in [2.75, 3.05) is 6.54 Å². The molecule has 1 aliphatic rings. The Kier molecular flexibility index (Phi) is 11.7. The fraction of sp³-hybridized carbons (Fsp3) is 0.630. The second-order valence-corrected chi connectivity index (χ2v) is 9.72. The van der Waals surface area contributed by atoms with Crippen LogP contribution in [0.4, 0.5) is 0 Å². The Bertz CT molecular complexity index is 753. The zero-order chi connectivity index (χ0) is 24.2. The van der Waals surface area contributed by atoms with Gasteiger partial charge in [0, 0.05) is 24.9 Å². The first-order chi connectivity index (χ1) is 15.9. The summed E-state index contributed by atoms with van der Waals surface area (Å²) in [4.78, 5) is 28.2. The van der Waals surface area contributed by atoms with E-state index in [1.807, 2.05) is 35.2 Å². The van der Waals surface area contributed by atoms with Crippen LogP contribution in [0.2, 0.25) is 0 Å². The summed E-state index contributed by atoms with van der Waals surface area (Å²) in [6.07, 6.45) is 7.62. The Labute approximate surface area is 201 Å². The van der Waals surface area contributed by atoms with E-state index >= 15 is 0 Å². The molecule has 1 saturated heterocycles. The number of carbonyl (C=O) groups excluding carboxylic acids is 2. The monoisotopic (exact) mass is 453 g/mol. The number of nitrogens with zero attached hydrogens (tertiary/aromatic N) is 1. The highest BCUT2D eigenvalue weighted by Gasteiger charge is 2.34. The van der Waals surface area contributed by atoms with Crippen LogP contribution in [0.1, 0.15) is 77.7 Å². The topological polar surface area (TPSA) is 69.6 Å². The van der Waals surface area contributed by atoms with Crippen LogP contribution in [0, 0.1) is 11.8 Å². The first-order valence-electron chi connectivity index (χ1n) is 12.7. The van der Waals surface area contributed by atoms with Crippen molar-refractivity contribution in [1.82, 2.24) is 10.2 Å².